The molecule has 246 valence electrons. The number of imidazole rings is 1. The Bertz CT molecular complexity index is 2570. The average molecular weight is 653 g/mol. The third-order valence-electron chi connectivity index (χ3n) is 10.6. The van der Waals surface area contributed by atoms with E-state index in [4.69, 9.17) is 14.1 Å². The molecule has 1 aliphatic rings. The highest BCUT2D eigenvalue weighted by atomic mass is 16.5. The summed E-state index contributed by atoms with van der Waals surface area (Å²) in [7, 11) is 0. The zero-order valence-corrected chi connectivity index (χ0v) is 29.4. The van der Waals surface area contributed by atoms with Crippen molar-refractivity contribution in [2.75, 3.05) is 0 Å². The first-order chi connectivity index (χ1) is 24.2. The summed E-state index contributed by atoms with van der Waals surface area (Å²) in [6, 6.07) is 43.1. The molecule has 0 N–H and O–H groups in total. The van der Waals surface area contributed by atoms with Crippen LogP contribution in [-0.2, 0) is 5.41 Å². The van der Waals surface area contributed by atoms with E-state index in [0.29, 0.717) is 0 Å². The quantitative estimate of drug-likeness (QED) is 0.186. The van der Waals surface area contributed by atoms with E-state index in [-0.39, 0.29) is 17.3 Å². The van der Waals surface area contributed by atoms with Gasteiger partial charge in [-0.1, -0.05) is 120 Å². The molecule has 3 heterocycles. The Morgan fingerprint density at radius 2 is 1.30 bits per heavy atom. The van der Waals surface area contributed by atoms with Gasteiger partial charge in [0.25, 0.3) is 0 Å². The van der Waals surface area contributed by atoms with Crippen LogP contribution in [0.15, 0.2) is 126 Å². The van der Waals surface area contributed by atoms with E-state index < -0.39 is 0 Å². The maximum absolute atomic E-state index is 6.99. The fraction of sp³-hybridized carbons (Fsp3) is 0.196. The molecule has 0 fully saturated rings. The fourth-order valence-corrected chi connectivity index (χ4v) is 7.98. The Hall–Kier alpha value is -5.61. The SMILES string of the molecule is CC(C)c1cc(-c2ccccc2)cc(C(C)C)c1-n1c(-c2cccc3c2oc2c4c(ccc23)C(C)(C)c2ccccc2O4)nc2ccccc21. The molecular weight excluding hydrogens is 613 g/mol. The van der Waals surface area contributed by atoms with Gasteiger partial charge in [-0.2, -0.15) is 0 Å². The van der Waals surface area contributed by atoms with E-state index in [9.17, 15) is 0 Å². The second kappa shape index (κ2) is 11.2. The molecule has 0 saturated carbocycles. The minimum absolute atomic E-state index is 0.236. The molecule has 2 aromatic heterocycles. The lowest BCUT2D eigenvalue weighted by Crippen LogP contribution is -2.24. The molecule has 50 heavy (non-hydrogen) atoms. The summed E-state index contributed by atoms with van der Waals surface area (Å²) in [4.78, 5) is 5.37. The second-order valence-corrected chi connectivity index (χ2v) is 14.8. The highest BCUT2D eigenvalue weighted by Gasteiger charge is 2.36. The molecule has 0 atom stereocenters. The van der Waals surface area contributed by atoms with E-state index in [1.165, 1.54) is 33.5 Å². The van der Waals surface area contributed by atoms with Crippen LogP contribution in [0.4, 0.5) is 0 Å². The molecule has 9 rings (SSSR count). The number of benzene rings is 6. The predicted octanol–water partition coefficient (Wildman–Crippen LogP) is 12.9. The van der Waals surface area contributed by atoms with Crippen molar-refractivity contribution in [2.45, 2.75) is 58.8 Å². The number of aromatic nitrogens is 2. The van der Waals surface area contributed by atoms with Gasteiger partial charge in [0.15, 0.2) is 11.3 Å². The van der Waals surface area contributed by atoms with Crippen LogP contribution in [0.2, 0.25) is 0 Å². The number of ether oxygens (including phenoxy) is 1. The average Bonchev–Trinajstić information content (AvgIpc) is 3.70. The number of fused-ring (bicyclic) bond motifs is 7. The van der Waals surface area contributed by atoms with Gasteiger partial charge in [0.1, 0.15) is 17.2 Å². The minimum atomic E-state index is -0.236. The van der Waals surface area contributed by atoms with E-state index in [1.807, 2.05) is 6.07 Å². The molecule has 1 aliphatic heterocycles. The molecule has 0 bridgehead atoms. The van der Waals surface area contributed by atoms with Crippen LogP contribution >= 0.6 is 0 Å². The molecular formula is C46H40N2O2. The first-order valence-electron chi connectivity index (χ1n) is 17.7. The maximum Gasteiger partial charge on any atom is 0.178 e. The lowest BCUT2D eigenvalue weighted by Gasteiger charge is -2.34. The first kappa shape index (κ1) is 30.4. The normalized spacial score (nSPS) is 13.7. The van der Waals surface area contributed by atoms with Gasteiger partial charge in [-0.05, 0) is 76.6 Å². The highest BCUT2D eigenvalue weighted by molar-refractivity contribution is 6.11. The van der Waals surface area contributed by atoms with Crippen LogP contribution in [-0.4, -0.2) is 9.55 Å². The van der Waals surface area contributed by atoms with E-state index in [2.05, 4.69) is 161 Å². The van der Waals surface area contributed by atoms with Gasteiger partial charge in [0, 0.05) is 27.3 Å². The van der Waals surface area contributed by atoms with E-state index in [1.54, 1.807) is 0 Å². The summed E-state index contributed by atoms with van der Waals surface area (Å²) in [6.07, 6.45) is 0. The highest BCUT2D eigenvalue weighted by Crippen LogP contribution is 2.52. The van der Waals surface area contributed by atoms with Crippen LogP contribution in [0.3, 0.4) is 0 Å². The zero-order valence-electron chi connectivity index (χ0n) is 29.4. The number of hydrogen-bond acceptors (Lipinski definition) is 3. The molecule has 0 amide bonds. The fourth-order valence-electron chi connectivity index (χ4n) is 7.98. The molecule has 4 nitrogen and oxygen atoms in total. The Labute approximate surface area is 293 Å². The molecule has 6 aromatic carbocycles. The largest absolute Gasteiger partial charge is 0.453 e. The molecule has 0 aliphatic carbocycles. The van der Waals surface area contributed by atoms with Crippen LogP contribution in [0.5, 0.6) is 11.5 Å². The summed E-state index contributed by atoms with van der Waals surface area (Å²) < 4.78 is 16.0. The van der Waals surface area contributed by atoms with Crippen LogP contribution < -0.4 is 4.74 Å². The van der Waals surface area contributed by atoms with Crippen molar-refractivity contribution >= 4 is 33.0 Å². The number of hydrogen-bond donors (Lipinski definition) is 0. The molecule has 0 spiro atoms. The Morgan fingerprint density at radius 1 is 0.620 bits per heavy atom. The molecule has 0 saturated heterocycles. The summed E-state index contributed by atoms with van der Waals surface area (Å²) in [5.74, 6) is 3.09. The van der Waals surface area contributed by atoms with Gasteiger partial charge in [-0.3, -0.25) is 4.57 Å². The Morgan fingerprint density at radius 3 is 2.06 bits per heavy atom. The third-order valence-corrected chi connectivity index (χ3v) is 10.6. The first-order valence-corrected chi connectivity index (χ1v) is 17.7. The van der Waals surface area contributed by atoms with Crippen molar-refractivity contribution in [1.82, 2.24) is 9.55 Å². The number of nitrogens with zero attached hydrogens (tertiary/aromatic N) is 2. The van der Waals surface area contributed by atoms with Crippen molar-refractivity contribution in [2.24, 2.45) is 0 Å². The monoisotopic (exact) mass is 652 g/mol. The van der Waals surface area contributed by atoms with Crippen molar-refractivity contribution in [3.63, 3.8) is 0 Å². The maximum atomic E-state index is 6.99. The summed E-state index contributed by atoms with van der Waals surface area (Å²) in [5.41, 5.74) is 12.9. The van der Waals surface area contributed by atoms with Crippen molar-refractivity contribution in [1.29, 1.82) is 0 Å². The van der Waals surface area contributed by atoms with Gasteiger partial charge < -0.3 is 9.15 Å². The summed E-state index contributed by atoms with van der Waals surface area (Å²) in [5, 5.41) is 2.09. The van der Waals surface area contributed by atoms with E-state index >= 15 is 0 Å². The Balaban J connectivity index is 1.33. The molecule has 0 radical (unpaired) electrons. The molecule has 0 unspecified atom stereocenters. The Kier molecular flexibility index (Phi) is 6.83. The lowest BCUT2D eigenvalue weighted by atomic mass is 9.75. The lowest BCUT2D eigenvalue weighted by molar-refractivity contribution is 0.415. The van der Waals surface area contributed by atoms with Crippen LogP contribution in [0, 0.1) is 0 Å². The standard InChI is InChI=1S/C46H40N2O2/c1-27(2)34-25-30(29-15-8-7-9-16-29)26-35(28(3)4)41(34)48-39-21-12-11-20-38(39)47-45(48)33-18-14-17-31-32-23-24-37-44(43(32)50-42(31)33)49-40-22-13-10-19-36(40)46(37,5)6/h7-28H,1-6H3. The topological polar surface area (TPSA) is 40.2 Å². The van der Waals surface area contributed by atoms with Crippen LogP contribution in [0.25, 0.3) is 61.2 Å². The van der Waals surface area contributed by atoms with Crippen molar-refractivity contribution in [3.8, 4) is 39.7 Å². The van der Waals surface area contributed by atoms with Gasteiger partial charge in [0.05, 0.1) is 22.3 Å². The second-order valence-electron chi connectivity index (χ2n) is 14.8. The number of para-hydroxylation sites is 4. The predicted molar refractivity (Wildman–Crippen MR) is 206 cm³/mol. The van der Waals surface area contributed by atoms with Crippen molar-refractivity contribution in [3.05, 3.63) is 144 Å². The van der Waals surface area contributed by atoms with Gasteiger partial charge in [-0.15, -0.1) is 0 Å². The minimum Gasteiger partial charge on any atom is -0.453 e. The zero-order chi connectivity index (χ0) is 34.3. The van der Waals surface area contributed by atoms with Gasteiger partial charge >= 0.3 is 0 Å². The number of rotatable bonds is 5. The third kappa shape index (κ3) is 4.47. The number of furan rings is 1. The molecule has 8 aromatic rings. The summed E-state index contributed by atoms with van der Waals surface area (Å²) in [6.45, 7) is 13.7. The molecule has 4 heteroatoms. The van der Waals surface area contributed by atoms with Gasteiger partial charge in [-0.25, -0.2) is 4.98 Å². The van der Waals surface area contributed by atoms with E-state index in [0.717, 1.165) is 61.4 Å². The summed E-state index contributed by atoms with van der Waals surface area (Å²) >= 11 is 0. The smallest absolute Gasteiger partial charge is 0.178 e. The van der Waals surface area contributed by atoms with Gasteiger partial charge in [0.2, 0.25) is 0 Å². The van der Waals surface area contributed by atoms with Crippen LogP contribution in [0.1, 0.15) is 75.6 Å². The van der Waals surface area contributed by atoms with Crippen molar-refractivity contribution < 1.29 is 9.15 Å².